The highest BCUT2D eigenvalue weighted by Gasteiger charge is 2.32. The number of para-hydroxylation sites is 1. The van der Waals surface area contributed by atoms with Crippen molar-refractivity contribution in [3.63, 3.8) is 0 Å². The van der Waals surface area contributed by atoms with Gasteiger partial charge in [-0.3, -0.25) is 23.4 Å². The van der Waals surface area contributed by atoms with E-state index in [-0.39, 0.29) is 24.9 Å². The van der Waals surface area contributed by atoms with E-state index in [0.717, 1.165) is 10.6 Å². The number of hydrogen-bond donors (Lipinski definition) is 1. The summed E-state index contributed by atoms with van der Waals surface area (Å²) in [5.41, 5.74) is -2.15. The summed E-state index contributed by atoms with van der Waals surface area (Å²) >= 11 is 6.28. The van der Waals surface area contributed by atoms with E-state index in [1.54, 1.807) is 32.0 Å². The van der Waals surface area contributed by atoms with E-state index in [0.29, 0.717) is 0 Å². The lowest BCUT2D eigenvalue weighted by Crippen LogP contribution is -2.32. The van der Waals surface area contributed by atoms with E-state index in [4.69, 9.17) is 34.6 Å². The molecule has 1 aromatic heterocycles. The second-order valence-corrected chi connectivity index (χ2v) is 9.10. The molecule has 11 nitrogen and oxygen atoms in total. The molecule has 2 aromatic rings. The predicted octanol–water partition coefficient (Wildman–Crippen LogP) is 2.85. The van der Waals surface area contributed by atoms with Crippen LogP contribution in [0.1, 0.15) is 25.8 Å². The lowest BCUT2D eigenvalue weighted by molar-refractivity contribution is -0.150. The van der Waals surface area contributed by atoms with Crippen molar-refractivity contribution in [2.75, 3.05) is 20.3 Å². The molecule has 0 aliphatic rings. The summed E-state index contributed by atoms with van der Waals surface area (Å²) < 4.78 is 40.5. The van der Waals surface area contributed by atoms with E-state index < -0.39 is 43.3 Å². The summed E-state index contributed by atoms with van der Waals surface area (Å²) in [4.78, 5) is 37.1. The molecule has 1 aromatic carbocycles. The average Bonchev–Trinajstić information content (AvgIpc) is 2.75. The van der Waals surface area contributed by atoms with Crippen LogP contribution in [-0.2, 0) is 27.9 Å². The number of carbonyl (C=O) groups excluding carboxylic acids is 1. The maximum atomic E-state index is 13.2. The number of methoxy groups -OCH3 is 1. The molecule has 0 bridgehead atoms. The number of alkyl halides is 1. The molecule has 0 fully saturated rings. The van der Waals surface area contributed by atoms with Crippen LogP contribution in [0.15, 0.2) is 52.2 Å². The van der Waals surface area contributed by atoms with Crippen LogP contribution in [0.3, 0.4) is 0 Å². The molecule has 33 heavy (non-hydrogen) atoms. The van der Waals surface area contributed by atoms with E-state index in [9.17, 15) is 18.9 Å². The lowest BCUT2D eigenvalue weighted by atomic mass is 10.2. The first-order valence-corrected chi connectivity index (χ1v) is 11.8. The van der Waals surface area contributed by atoms with Crippen LogP contribution in [-0.4, -0.2) is 48.1 Å². The van der Waals surface area contributed by atoms with Crippen LogP contribution in [0, 0.1) is 0 Å². The Morgan fingerprint density at radius 3 is 2.45 bits per heavy atom. The largest absolute Gasteiger partial charge is 0.530 e. The van der Waals surface area contributed by atoms with Crippen molar-refractivity contribution in [1.29, 1.82) is 0 Å². The Kier molecular flexibility index (Phi) is 10.3. The molecule has 13 heteroatoms. The Morgan fingerprint density at radius 1 is 1.15 bits per heavy atom. The highest BCUT2D eigenvalue weighted by molar-refractivity contribution is 7.49. The van der Waals surface area contributed by atoms with Gasteiger partial charge in [0.25, 0.3) is 5.56 Å². The smallest absolute Gasteiger partial charge is 0.461 e. The van der Waals surface area contributed by atoms with E-state index in [2.05, 4.69) is 4.98 Å². The molecule has 1 N–H and O–H groups in total. The molecule has 0 saturated carbocycles. The average molecular weight is 505 g/mol. The van der Waals surface area contributed by atoms with Crippen molar-refractivity contribution in [1.82, 2.24) is 9.55 Å². The molecule has 3 atom stereocenters. The van der Waals surface area contributed by atoms with Crippen molar-refractivity contribution in [2.45, 2.75) is 38.0 Å². The number of ether oxygens (including phenoxy) is 2. The first kappa shape index (κ1) is 26.8. The first-order valence-electron chi connectivity index (χ1n) is 9.93. The second-order valence-electron chi connectivity index (χ2n) is 7.00. The number of nitrogens with zero attached hydrogens (tertiary/aromatic N) is 1. The lowest BCUT2D eigenvalue weighted by Gasteiger charge is -2.23. The molecule has 182 valence electrons. The third-order valence-electron chi connectivity index (χ3n) is 4.03. The van der Waals surface area contributed by atoms with Crippen LogP contribution in [0.2, 0.25) is 0 Å². The van der Waals surface area contributed by atoms with E-state index in [1.165, 1.54) is 25.4 Å². The number of aromatic amines is 1. The SMILES string of the molecule is COC(COP(=O)(OCC(=O)OC(C)C)Oc1ccccc1)C[C@H](Cl)n1ccc(=O)[nH]c1=O. The van der Waals surface area contributed by atoms with Gasteiger partial charge in [-0.1, -0.05) is 29.8 Å². The van der Waals surface area contributed by atoms with Gasteiger partial charge in [0.05, 0.1) is 18.8 Å². The fraction of sp³-hybridized carbons (Fsp3) is 0.450. The number of carbonyl (C=O) groups is 1. The van der Waals surface area contributed by atoms with Crippen molar-refractivity contribution < 1.29 is 32.4 Å². The van der Waals surface area contributed by atoms with Crippen molar-refractivity contribution >= 4 is 25.4 Å². The summed E-state index contributed by atoms with van der Waals surface area (Å²) in [6, 6.07) is 9.28. The first-order chi connectivity index (χ1) is 15.6. The molecular formula is C20H26ClN2O9P. The van der Waals surface area contributed by atoms with Crippen molar-refractivity contribution in [3.8, 4) is 5.75 Å². The van der Waals surface area contributed by atoms with Gasteiger partial charge in [-0.25, -0.2) is 14.2 Å². The molecule has 0 aliphatic carbocycles. The minimum atomic E-state index is -4.28. The highest BCUT2D eigenvalue weighted by atomic mass is 35.5. The monoisotopic (exact) mass is 504 g/mol. The van der Waals surface area contributed by atoms with Crippen LogP contribution in [0.4, 0.5) is 0 Å². The van der Waals surface area contributed by atoms with E-state index in [1.807, 2.05) is 0 Å². The quantitative estimate of drug-likeness (QED) is 0.248. The Hall–Kier alpha value is -2.43. The molecule has 0 aliphatic heterocycles. The van der Waals surface area contributed by atoms with Gasteiger partial charge in [-0.2, -0.15) is 0 Å². The number of rotatable bonds is 13. The Labute approximate surface area is 195 Å². The van der Waals surface area contributed by atoms with Crippen molar-refractivity contribution in [3.05, 3.63) is 63.4 Å². The molecule has 2 unspecified atom stereocenters. The third-order valence-corrected chi connectivity index (χ3v) is 5.76. The Bertz CT molecular complexity index is 1060. The molecule has 0 radical (unpaired) electrons. The zero-order valence-corrected chi connectivity index (χ0v) is 20.0. The number of halogens is 1. The second kappa shape index (κ2) is 12.7. The third kappa shape index (κ3) is 9.15. The van der Waals surface area contributed by atoms with Gasteiger partial charge in [-0.05, 0) is 26.0 Å². The summed E-state index contributed by atoms with van der Waals surface area (Å²) in [6.45, 7) is 2.35. The van der Waals surface area contributed by atoms with Crippen LogP contribution in [0.5, 0.6) is 5.75 Å². The molecule has 0 spiro atoms. The number of aromatic nitrogens is 2. The highest BCUT2D eigenvalue weighted by Crippen LogP contribution is 2.49. The zero-order chi connectivity index (χ0) is 24.4. The number of phosphoric acid groups is 1. The number of esters is 1. The predicted molar refractivity (Wildman–Crippen MR) is 119 cm³/mol. The Balaban J connectivity index is 2.07. The van der Waals surface area contributed by atoms with Gasteiger partial charge in [0.15, 0.2) is 6.61 Å². The van der Waals surface area contributed by atoms with Crippen LogP contribution < -0.4 is 15.8 Å². The fourth-order valence-electron chi connectivity index (χ4n) is 2.51. The van der Waals surface area contributed by atoms with Gasteiger partial charge in [-0.15, -0.1) is 0 Å². The minimum Gasteiger partial charge on any atom is -0.461 e. The minimum absolute atomic E-state index is 0.0464. The van der Waals surface area contributed by atoms with Crippen molar-refractivity contribution in [2.24, 2.45) is 0 Å². The number of nitrogens with one attached hydrogen (secondary N) is 1. The zero-order valence-electron chi connectivity index (χ0n) is 18.3. The number of hydrogen-bond acceptors (Lipinski definition) is 9. The topological polar surface area (TPSA) is 135 Å². The summed E-state index contributed by atoms with van der Waals surface area (Å²) in [7, 11) is -2.90. The van der Waals surface area contributed by atoms with Gasteiger partial charge >= 0.3 is 19.5 Å². The Morgan fingerprint density at radius 2 is 1.85 bits per heavy atom. The molecule has 2 rings (SSSR count). The van der Waals surface area contributed by atoms with E-state index >= 15 is 0 Å². The summed E-state index contributed by atoms with van der Waals surface area (Å²) in [5.74, 6) is -0.547. The fourth-order valence-corrected chi connectivity index (χ4v) is 4.04. The summed E-state index contributed by atoms with van der Waals surface area (Å²) in [5, 5.41) is 0. The number of phosphoric ester groups is 1. The maximum Gasteiger partial charge on any atom is 0.530 e. The summed E-state index contributed by atoms with van der Waals surface area (Å²) in [6.07, 6.45) is 0.167. The molecular weight excluding hydrogens is 479 g/mol. The number of H-pyrrole nitrogens is 1. The standard InChI is InChI=1S/C20H26ClN2O9P/c1-14(2)31-19(25)13-30-33(27,32-15-7-5-4-6-8-15)29-12-16(28-3)11-17(21)23-10-9-18(24)22-20(23)26/h4-10,14,16-17H,11-13H2,1-3H3,(H,22,24,26)/t16?,17-,33?/m1/s1. The number of benzene rings is 1. The molecule has 0 saturated heterocycles. The van der Waals surface area contributed by atoms with Gasteiger partial charge < -0.3 is 14.0 Å². The van der Waals surface area contributed by atoms with Gasteiger partial charge in [0, 0.05) is 25.8 Å². The van der Waals surface area contributed by atoms with Gasteiger partial charge in [0.2, 0.25) is 0 Å². The van der Waals surface area contributed by atoms with Gasteiger partial charge in [0.1, 0.15) is 11.3 Å². The van der Waals surface area contributed by atoms with Crippen LogP contribution >= 0.6 is 19.4 Å². The normalized spacial score (nSPS) is 14.9. The molecule has 1 heterocycles. The molecule has 0 amide bonds. The maximum absolute atomic E-state index is 13.2. The van der Waals surface area contributed by atoms with Crippen LogP contribution in [0.25, 0.3) is 0 Å².